The van der Waals surface area contributed by atoms with Gasteiger partial charge in [-0.25, -0.2) is 4.79 Å². The molecule has 2 aromatic rings. The maximum absolute atomic E-state index is 11.8. The second kappa shape index (κ2) is 5.83. The zero-order chi connectivity index (χ0) is 14.7. The third kappa shape index (κ3) is 2.69. The molecule has 0 spiro atoms. The van der Waals surface area contributed by atoms with Crippen LogP contribution in [0.2, 0.25) is 0 Å². The molecule has 0 fully saturated rings. The van der Waals surface area contributed by atoms with E-state index in [-0.39, 0.29) is 23.7 Å². The van der Waals surface area contributed by atoms with Gasteiger partial charge in [-0.05, 0) is 29.5 Å². The Balaban J connectivity index is 2.58. The first-order valence-electron chi connectivity index (χ1n) is 5.70. The molecule has 0 unspecified atom stereocenters. The van der Waals surface area contributed by atoms with Gasteiger partial charge in [-0.15, -0.1) is 5.10 Å². The molecular formula is C12H10BrN3O4. The minimum Gasteiger partial charge on any atom is -0.461 e. The topological polar surface area (TPSA) is 98.1 Å². The van der Waals surface area contributed by atoms with Gasteiger partial charge in [0.15, 0.2) is 0 Å². The van der Waals surface area contributed by atoms with Crippen LogP contribution in [0.3, 0.4) is 0 Å². The maximum atomic E-state index is 11.8. The first kappa shape index (κ1) is 14.2. The second-order valence-electron chi connectivity index (χ2n) is 3.78. The molecule has 0 aliphatic heterocycles. The summed E-state index contributed by atoms with van der Waals surface area (Å²) in [7, 11) is 0. The molecule has 20 heavy (non-hydrogen) atoms. The van der Waals surface area contributed by atoms with Crippen molar-refractivity contribution in [3.63, 3.8) is 0 Å². The largest absolute Gasteiger partial charge is 0.461 e. The Bertz CT molecular complexity index is 651. The van der Waals surface area contributed by atoms with Crippen molar-refractivity contribution in [1.29, 1.82) is 0 Å². The maximum Gasteiger partial charge on any atom is 0.361 e. The number of carbonyl (C=O) groups excluding carboxylic acids is 1. The first-order valence-corrected chi connectivity index (χ1v) is 6.49. The SMILES string of the molecule is CCOC(=O)c1n[nH]c([N+](=O)[O-])c1-c1ccc(Br)cc1. The van der Waals surface area contributed by atoms with Crippen LogP contribution >= 0.6 is 15.9 Å². The van der Waals surface area contributed by atoms with E-state index in [1.807, 2.05) is 0 Å². The summed E-state index contributed by atoms with van der Waals surface area (Å²) in [5.41, 5.74) is 0.540. The average Bonchev–Trinajstić information content (AvgIpc) is 2.84. The second-order valence-corrected chi connectivity index (χ2v) is 4.70. The van der Waals surface area contributed by atoms with Gasteiger partial charge in [-0.3, -0.25) is 0 Å². The van der Waals surface area contributed by atoms with Crippen molar-refractivity contribution in [3.05, 3.63) is 44.5 Å². The number of rotatable bonds is 4. The molecule has 0 saturated heterocycles. The molecule has 0 aliphatic rings. The lowest BCUT2D eigenvalue weighted by Crippen LogP contribution is -2.06. The Labute approximate surface area is 122 Å². The van der Waals surface area contributed by atoms with E-state index in [9.17, 15) is 14.9 Å². The van der Waals surface area contributed by atoms with Crippen LogP contribution in [0.15, 0.2) is 28.7 Å². The van der Waals surface area contributed by atoms with E-state index in [0.717, 1.165) is 4.47 Å². The van der Waals surface area contributed by atoms with E-state index < -0.39 is 10.9 Å². The molecule has 0 amide bonds. The fraction of sp³-hybridized carbons (Fsp3) is 0.167. The molecule has 1 aromatic heterocycles. The molecule has 7 nitrogen and oxygen atoms in total. The highest BCUT2D eigenvalue weighted by Crippen LogP contribution is 2.32. The number of nitrogens with one attached hydrogen (secondary N) is 1. The number of aromatic nitrogens is 2. The predicted octanol–water partition coefficient (Wildman–Crippen LogP) is 2.92. The Hall–Kier alpha value is -2.22. The van der Waals surface area contributed by atoms with Crippen LogP contribution in [-0.4, -0.2) is 27.7 Å². The molecular weight excluding hydrogens is 330 g/mol. The van der Waals surface area contributed by atoms with Gasteiger partial charge in [0.1, 0.15) is 5.56 Å². The van der Waals surface area contributed by atoms with Crippen LogP contribution in [0.5, 0.6) is 0 Å². The number of hydrogen-bond donors (Lipinski definition) is 1. The molecule has 8 heteroatoms. The fourth-order valence-corrected chi connectivity index (χ4v) is 1.97. The average molecular weight is 340 g/mol. The summed E-state index contributed by atoms with van der Waals surface area (Å²) in [6.07, 6.45) is 0. The summed E-state index contributed by atoms with van der Waals surface area (Å²) in [4.78, 5) is 22.2. The summed E-state index contributed by atoms with van der Waals surface area (Å²) < 4.78 is 5.68. The normalized spacial score (nSPS) is 10.3. The monoisotopic (exact) mass is 339 g/mol. The molecule has 1 heterocycles. The Kier molecular flexibility index (Phi) is 4.14. The van der Waals surface area contributed by atoms with Gasteiger partial charge in [-0.2, -0.15) is 0 Å². The van der Waals surface area contributed by atoms with Crippen molar-refractivity contribution in [1.82, 2.24) is 10.2 Å². The molecule has 0 saturated carbocycles. The van der Waals surface area contributed by atoms with Crippen LogP contribution in [0.25, 0.3) is 11.1 Å². The third-order valence-electron chi connectivity index (χ3n) is 2.53. The van der Waals surface area contributed by atoms with Crippen molar-refractivity contribution in [2.24, 2.45) is 0 Å². The number of nitrogens with zero attached hydrogens (tertiary/aromatic N) is 2. The number of carbonyl (C=O) groups is 1. The quantitative estimate of drug-likeness (QED) is 0.524. The number of halogens is 1. The van der Waals surface area contributed by atoms with Gasteiger partial charge in [0.05, 0.1) is 6.61 Å². The van der Waals surface area contributed by atoms with Crippen molar-refractivity contribution in [2.45, 2.75) is 6.92 Å². The number of aromatic amines is 1. The van der Waals surface area contributed by atoms with Crippen LogP contribution < -0.4 is 0 Å². The van der Waals surface area contributed by atoms with E-state index in [1.54, 1.807) is 31.2 Å². The van der Waals surface area contributed by atoms with Crippen molar-refractivity contribution in [3.8, 4) is 11.1 Å². The Morgan fingerprint density at radius 1 is 1.45 bits per heavy atom. The Morgan fingerprint density at radius 2 is 2.10 bits per heavy atom. The first-order chi connectivity index (χ1) is 9.54. The van der Waals surface area contributed by atoms with E-state index in [2.05, 4.69) is 26.1 Å². The van der Waals surface area contributed by atoms with E-state index in [4.69, 9.17) is 4.74 Å². The minimum atomic E-state index is -0.699. The fourth-order valence-electron chi connectivity index (χ4n) is 1.70. The number of benzene rings is 1. The predicted molar refractivity (Wildman–Crippen MR) is 74.3 cm³/mol. The lowest BCUT2D eigenvalue weighted by molar-refractivity contribution is -0.388. The zero-order valence-electron chi connectivity index (χ0n) is 10.4. The highest BCUT2D eigenvalue weighted by molar-refractivity contribution is 9.10. The molecule has 0 bridgehead atoms. The highest BCUT2D eigenvalue weighted by atomic mass is 79.9. The molecule has 2 rings (SSSR count). The third-order valence-corrected chi connectivity index (χ3v) is 3.06. The summed E-state index contributed by atoms with van der Waals surface area (Å²) in [6, 6.07) is 6.76. The molecule has 1 N–H and O–H groups in total. The Morgan fingerprint density at radius 3 is 2.65 bits per heavy atom. The van der Waals surface area contributed by atoms with Crippen LogP contribution in [0.4, 0.5) is 5.82 Å². The number of nitro groups is 1. The van der Waals surface area contributed by atoms with Crippen LogP contribution in [-0.2, 0) is 4.74 Å². The van der Waals surface area contributed by atoms with E-state index in [1.165, 1.54) is 0 Å². The molecule has 0 atom stereocenters. The van der Waals surface area contributed by atoms with Gasteiger partial charge >= 0.3 is 11.8 Å². The van der Waals surface area contributed by atoms with Crippen molar-refractivity contribution >= 4 is 27.7 Å². The minimum absolute atomic E-state index is 0.0964. The summed E-state index contributed by atoms with van der Waals surface area (Å²) in [6.45, 7) is 1.82. The lowest BCUT2D eigenvalue weighted by Gasteiger charge is -2.03. The number of H-pyrrole nitrogens is 1. The summed E-state index contributed by atoms with van der Waals surface area (Å²) >= 11 is 3.28. The van der Waals surface area contributed by atoms with Gasteiger partial charge in [0.2, 0.25) is 5.69 Å². The van der Waals surface area contributed by atoms with Gasteiger partial charge in [0.25, 0.3) is 0 Å². The van der Waals surface area contributed by atoms with Crippen LogP contribution in [0.1, 0.15) is 17.4 Å². The lowest BCUT2D eigenvalue weighted by atomic mass is 10.1. The van der Waals surface area contributed by atoms with Gasteiger partial charge in [-0.1, -0.05) is 33.2 Å². The molecule has 1 aromatic carbocycles. The number of esters is 1. The number of ether oxygens (including phenoxy) is 1. The van der Waals surface area contributed by atoms with Gasteiger partial charge in [0, 0.05) is 4.47 Å². The zero-order valence-corrected chi connectivity index (χ0v) is 12.0. The molecule has 104 valence electrons. The molecule has 0 aliphatic carbocycles. The summed E-state index contributed by atoms with van der Waals surface area (Å²) in [5, 5.41) is 17.0. The van der Waals surface area contributed by atoms with Gasteiger partial charge < -0.3 is 14.9 Å². The van der Waals surface area contributed by atoms with Crippen LogP contribution in [0, 0.1) is 10.1 Å². The highest BCUT2D eigenvalue weighted by Gasteiger charge is 2.28. The van der Waals surface area contributed by atoms with E-state index >= 15 is 0 Å². The van der Waals surface area contributed by atoms with Crippen molar-refractivity contribution in [2.75, 3.05) is 6.61 Å². The number of hydrogen-bond acceptors (Lipinski definition) is 5. The smallest absolute Gasteiger partial charge is 0.361 e. The van der Waals surface area contributed by atoms with E-state index in [0.29, 0.717) is 5.56 Å². The standard InChI is InChI=1S/C12H10BrN3O4/c1-2-20-12(17)10-9(11(15-14-10)16(18)19)7-3-5-8(13)6-4-7/h3-6H,2H2,1H3,(H,14,15). The molecule has 0 radical (unpaired) electrons. The van der Waals surface area contributed by atoms with Crippen molar-refractivity contribution < 1.29 is 14.5 Å². The summed E-state index contributed by atoms with van der Waals surface area (Å²) in [5.74, 6) is -1.04.